The zero-order valence-electron chi connectivity index (χ0n) is 15.3. The molecule has 0 aliphatic rings. The number of nitrogens with one attached hydrogen (secondary N) is 1. The molecule has 0 aliphatic heterocycles. The van der Waals surface area contributed by atoms with Crippen LogP contribution in [-0.2, 0) is 18.8 Å². The molecule has 0 aliphatic carbocycles. The van der Waals surface area contributed by atoms with Gasteiger partial charge in [0.2, 0.25) is 0 Å². The lowest BCUT2D eigenvalue weighted by Crippen LogP contribution is -2.40. The molecule has 0 radical (unpaired) electrons. The lowest BCUT2D eigenvalue weighted by atomic mass is 10.1. The van der Waals surface area contributed by atoms with Gasteiger partial charge in [0.1, 0.15) is 11.9 Å². The van der Waals surface area contributed by atoms with E-state index in [0.29, 0.717) is 6.61 Å². The lowest BCUT2D eigenvalue weighted by molar-refractivity contribution is 0.218. The van der Waals surface area contributed by atoms with E-state index in [1.807, 2.05) is 37.3 Å². The number of benzene rings is 1. The van der Waals surface area contributed by atoms with E-state index in [1.54, 1.807) is 18.9 Å². The summed E-state index contributed by atoms with van der Waals surface area (Å²) in [5.41, 5.74) is -0.171. The van der Waals surface area contributed by atoms with Gasteiger partial charge in [-0.05, 0) is 24.6 Å². The lowest BCUT2D eigenvalue weighted by Gasteiger charge is -2.19. The second-order valence-corrected chi connectivity index (χ2v) is 6.99. The van der Waals surface area contributed by atoms with Gasteiger partial charge in [0, 0.05) is 37.9 Å². The van der Waals surface area contributed by atoms with Crippen molar-refractivity contribution in [1.82, 2.24) is 9.13 Å². The van der Waals surface area contributed by atoms with Gasteiger partial charge in [0.15, 0.2) is 5.56 Å². The van der Waals surface area contributed by atoms with Crippen molar-refractivity contribution < 1.29 is 4.74 Å². The normalized spacial score (nSPS) is 11.8. The van der Waals surface area contributed by atoms with Crippen LogP contribution in [0, 0.1) is 11.3 Å². The fourth-order valence-electron chi connectivity index (χ4n) is 2.50. The van der Waals surface area contributed by atoms with Crippen molar-refractivity contribution >= 4 is 17.6 Å². The van der Waals surface area contributed by atoms with E-state index in [2.05, 4.69) is 5.32 Å². The van der Waals surface area contributed by atoms with Crippen LogP contribution in [0.1, 0.15) is 24.1 Å². The summed E-state index contributed by atoms with van der Waals surface area (Å²) in [4.78, 5) is 25.4. The third-order valence-electron chi connectivity index (χ3n) is 4.07. The molecule has 26 heavy (non-hydrogen) atoms. The summed E-state index contributed by atoms with van der Waals surface area (Å²) in [6, 6.07) is 9.71. The number of ether oxygens (including phenoxy) is 1. The summed E-state index contributed by atoms with van der Waals surface area (Å²) in [7, 11) is 4.57. The molecule has 1 N–H and O–H groups in total. The Kier molecular flexibility index (Phi) is 6.66. The molecule has 0 saturated heterocycles. The van der Waals surface area contributed by atoms with Crippen LogP contribution >= 0.6 is 11.8 Å². The molecule has 0 bridgehead atoms. The number of anilines is 1. The Morgan fingerprint density at radius 1 is 1.23 bits per heavy atom. The first-order valence-corrected chi connectivity index (χ1v) is 9.07. The van der Waals surface area contributed by atoms with Crippen molar-refractivity contribution in [3.05, 3.63) is 56.2 Å². The molecule has 7 nitrogen and oxygen atoms in total. The number of hydrogen-bond acceptors (Lipinski definition) is 6. The summed E-state index contributed by atoms with van der Waals surface area (Å²) in [5.74, 6) is 1.11. The van der Waals surface area contributed by atoms with E-state index in [9.17, 15) is 14.9 Å². The second kappa shape index (κ2) is 8.74. The minimum absolute atomic E-state index is 0.0757. The van der Waals surface area contributed by atoms with Crippen LogP contribution in [0.25, 0.3) is 0 Å². The van der Waals surface area contributed by atoms with Gasteiger partial charge in [-0.3, -0.25) is 13.9 Å². The van der Waals surface area contributed by atoms with Crippen LogP contribution in [0.4, 0.5) is 5.82 Å². The van der Waals surface area contributed by atoms with E-state index < -0.39 is 11.2 Å². The van der Waals surface area contributed by atoms with E-state index in [-0.39, 0.29) is 17.4 Å². The van der Waals surface area contributed by atoms with Gasteiger partial charge in [-0.15, -0.1) is 11.8 Å². The average Bonchev–Trinajstić information content (AvgIpc) is 2.65. The topological polar surface area (TPSA) is 89.1 Å². The second-order valence-electron chi connectivity index (χ2n) is 5.82. The molecule has 2 aromatic rings. The Hall–Kier alpha value is -2.50. The number of nitriles is 1. The van der Waals surface area contributed by atoms with Crippen LogP contribution in [0.2, 0.25) is 0 Å². The Labute approximate surface area is 156 Å². The van der Waals surface area contributed by atoms with Gasteiger partial charge in [-0.1, -0.05) is 12.1 Å². The Bertz CT molecular complexity index is 926. The van der Waals surface area contributed by atoms with Gasteiger partial charge in [0.05, 0.1) is 6.61 Å². The summed E-state index contributed by atoms with van der Waals surface area (Å²) < 4.78 is 7.25. The minimum Gasteiger partial charge on any atom is -0.384 e. The Morgan fingerprint density at radius 3 is 2.46 bits per heavy atom. The predicted molar refractivity (Wildman–Crippen MR) is 103 cm³/mol. The fraction of sp³-hybridized carbons (Fsp3) is 0.389. The molecule has 0 amide bonds. The predicted octanol–water partition coefficient (Wildman–Crippen LogP) is 1.87. The molecule has 1 unspecified atom stereocenters. The Morgan fingerprint density at radius 2 is 1.88 bits per heavy atom. The van der Waals surface area contributed by atoms with Crippen LogP contribution in [0.3, 0.4) is 0 Å². The van der Waals surface area contributed by atoms with Gasteiger partial charge in [0.25, 0.3) is 5.56 Å². The van der Waals surface area contributed by atoms with Crippen LogP contribution in [0.5, 0.6) is 0 Å². The first kappa shape index (κ1) is 19.8. The first-order valence-electron chi connectivity index (χ1n) is 8.09. The molecule has 8 heteroatoms. The minimum atomic E-state index is -0.602. The fourth-order valence-corrected chi connectivity index (χ4v) is 3.31. The summed E-state index contributed by atoms with van der Waals surface area (Å²) in [6.07, 6.45) is 0. The highest BCUT2D eigenvalue weighted by Crippen LogP contribution is 2.23. The SMILES string of the molecule is COCCSc1ccc(C(C)Nc2c(C#N)c(=O)n(C)c(=O)n2C)cc1. The van der Waals surface area contributed by atoms with Crippen molar-refractivity contribution in [3.63, 3.8) is 0 Å². The van der Waals surface area contributed by atoms with E-state index >= 15 is 0 Å². The molecule has 1 aromatic carbocycles. The molecule has 0 spiro atoms. The molecular weight excluding hydrogens is 352 g/mol. The van der Waals surface area contributed by atoms with Crippen molar-refractivity contribution in [1.29, 1.82) is 5.26 Å². The monoisotopic (exact) mass is 374 g/mol. The highest BCUT2D eigenvalue weighted by molar-refractivity contribution is 7.99. The highest BCUT2D eigenvalue weighted by atomic mass is 32.2. The smallest absolute Gasteiger partial charge is 0.332 e. The largest absolute Gasteiger partial charge is 0.384 e. The summed E-state index contributed by atoms with van der Waals surface area (Å²) >= 11 is 1.71. The third kappa shape index (κ3) is 4.18. The first-order chi connectivity index (χ1) is 12.4. The number of hydrogen-bond donors (Lipinski definition) is 1. The van der Waals surface area contributed by atoms with Gasteiger partial charge < -0.3 is 10.1 Å². The van der Waals surface area contributed by atoms with Gasteiger partial charge in [-0.2, -0.15) is 5.26 Å². The number of aromatic nitrogens is 2. The molecule has 0 saturated carbocycles. The van der Waals surface area contributed by atoms with Gasteiger partial charge >= 0.3 is 5.69 Å². The number of nitrogens with zero attached hydrogens (tertiary/aromatic N) is 3. The summed E-state index contributed by atoms with van der Waals surface area (Å²) in [6.45, 7) is 2.61. The Balaban J connectivity index is 2.25. The number of thioether (sulfide) groups is 1. The van der Waals surface area contributed by atoms with Crippen molar-refractivity contribution in [3.8, 4) is 6.07 Å². The molecule has 1 atom stereocenters. The summed E-state index contributed by atoms with van der Waals surface area (Å²) in [5, 5.41) is 12.5. The molecule has 138 valence electrons. The van der Waals surface area contributed by atoms with Crippen LogP contribution in [-0.4, -0.2) is 28.6 Å². The van der Waals surface area contributed by atoms with E-state index in [1.165, 1.54) is 18.7 Å². The van der Waals surface area contributed by atoms with Crippen molar-refractivity contribution in [2.45, 2.75) is 17.9 Å². The van der Waals surface area contributed by atoms with Crippen LogP contribution < -0.4 is 16.6 Å². The molecule has 1 heterocycles. The quantitative estimate of drug-likeness (QED) is 0.588. The molecule has 2 rings (SSSR count). The number of methoxy groups -OCH3 is 1. The molecule has 1 aromatic heterocycles. The maximum absolute atomic E-state index is 12.2. The van der Waals surface area contributed by atoms with Gasteiger partial charge in [-0.25, -0.2) is 4.79 Å². The van der Waals surface area contributed by atoms with Crippen molar-refractivity contribution in [2.75, 3.05) is 24.8 Å². The standard InChI is InChI=1S/C18H22N4O3S/c1-12(13-5-7-14(8-6-13)26-10-9-25-4)20-16-15(11-19)17(23)22(3)18(24)21(16)2/h5-8,12,20H,9-10H2,1-4H3. The zero-order valence-corrected chi connectivity index (χ0v) is 16.1. The molecule has 0 fully saturated rings. The number of rotatable bonds is 7. The van der Waals surface area contributed by atoms with Crippen LogP contribution in [0.15, 0.2) is 38.8 Å². The highest BCUT2D eigenvalue weighted by Gasteiger charge is 2.17. The van der Waals surface area contributed by atoms with Crippen molar-refractivity contribution in [2.24, 2.45) is 14.1 Å². The molecular formula is C18H22N4O3S. The average molecular weight is 374 g/mol. The maximum Gasteiger partial charge on any atom is 0.332 e. The zero-order chi connectivity index (χ0) is 19.3. The van der Waals surface area contributed by atoms with E-state index in [4.69, 9.17) is 4.74 Å². The third-order valence-corrected chi connectivity index (χ3v) is 5.04. The maximum atomic E-state index is 12.2. The van der Waals surface area contributed by atoms with E-state index in [0.717, 1.165) is 20.8 Å².